The lowest BCUT2D eigenvalue weighted by molar-refractivity contribution is -0.123. The number of nitrogens with one attached hydrogen (secondary N) is 2. The fraction of sp³-hybridized carbons (Fsp3) is 0.652. The highest BCUT2D eigenvalue weighted by Crippen LogP contribution is 2.39. The monoisotopic (exact) mass is 433 g/mol. The van der Waals surface area contributed by atoms with E-state index in [1.807, 2.05) is 47.9 Å². The van der Waals surface area contributed by atoms with Gasteiger partial charge in [0.1, 0.15) is 5.75 Å². The molecule has 0 bridgehead atoms. The molecule has 0 aliphatic carbocycles. The maximum atomic E-state index is 12.9. The van der Waals surface area contributed by atoms with E-state index in [0.29, 0.717) is 25.3 Å². The minimum atomic E-state index is -0.147. The number of carbonyl (C=O) groups excluding carboxylic acids is 2. The Morgan fingerprint density at radius 1 is 1.27 bits per heavy atom. The van der Waals surface area contributed by atoms with Gasteiger partial charge in [-0.1, -0.05) is 20.3 Å². The molecule has 2 N–H and O–H groups in total. The first-order valence-corrected chi connectivity index (χ1v) is 12.2. The van der Waals surface area contributed by atoms with Crippen LogP contribution in [0.4, 0.5) is 0 Å². The molecule has 0 saturated carbocycles. The van der Waals surface area contributed by atoms with Crippen molar-refractivity contribution in [2.24, 2.45) is 0 Å². The van der Waals surface area contributed by atoms with Crippen molar-refractivity contribution in [1.82, 2.24) is 15.5 Å². The number of likely N-dealkylation sites (tertiary alicyclic amines) is 1. The average molecular weight is 434 g/mol. The summed E-state index contributed by atoms with van der Waals surface area (Å²) in [6, 6.07) is 7.51. The van der Waals surface area contributed by atoms with Gasteiger partial charge in [-0.2, -0.15) is 0 Å². The Morgan fingerprint density at radius 3 is 2.60 bits per heavy atom. The van der Waals surface area contributed by atoms with Crippen LogP contribution in [0.15, 0.2) is 24.3 Å². The summed E-state index contributed by atoms with van der Waals surface area (Å²) in [5.74, 6) is 1.76. The predicted molar refractivity (Wildman–Crippen MR) is 122 cm³/mol. The average Bonchev–Trinajstić information content (AvgIpc) is 3.18. The van der Waals surface area contributed by atoms with Crippen molar-refractivity contribution >= 4 is 23.6 Å². The fourth-order valence-electron chi connectivity index (χ4n) is 3.80. The standard InChI is InChI=1S/C23H35N3O3S/c1-4-6-15-29-19-9-7-18(8-10-19)22(28)26-13-11-23(12-14-26)25-20(16-30-23)21(27)24-17(3)5-2/h7-10,17,20,25H,4-6,11-16H2,1-3H3,(H,24,27). The van der Waals surface area contributed by atoms with Gasteiger partial charge >= 0.3 is 0 Å². The number of nitrogens with zero attached hydrogens (tertiary/aromatic N) is 1. The van der Waals surface area contributed by atoms with Crippen molar-refractivity contribution in [3.8, 4) is 5.75 Å². The number of carbonyl (C=O) groups is 2. The van der Waals surface area contributed by atoms with Gasteiger partial charge in [-0.25, -0.2) is 0 Å². The zero-order valence-corrected chi connectivity index (χ0v) is 19.2. The number of unbranched alkanes of at least 4 members (excludes halogenated alkanes) is 1. The number of ether oxygens (including phenoxy) is 1. The van der Waals surface area contributed by atoms with Gasteiger partial charge in [0.2, 0.25) is 5.91 Å². The van der Waals surface area contributed by atoms with Crippen LogP contribution in [0.5, 0.6) is 5.75 Å². The van der Waals surface area contributed by atoms with Crippen LogP contribution in [0.2, 0.25) is 0 Å². The van der Waals surface area contributed by atoms with Crippen LogP contribution < -0.4 is 15.4 Å². The maximum Gasteiger partial charge on any atom is 0.253 e. The summed E-state index contributed by atoms with van der Waals surface area (Å²) in [6.07, 6.45) is 4.77. The lowest BCUT2D eigenvalue weighted by Gasteiger charge is -2.39. The van der Waals surface area contributed by atoms with Crippen LogP contribution >= 0.6 is 11.8 Å². The molecule has 6 nitrogen and oxygen atoms in total. The second kappa shape index (κ2) is 10.5. The molecular weight excluding hydrogens is 398 g/mol. The Hall–Kier alpha value is -1.73. The lowest BCUT2D eigenvalue weighted by atomic mass is 10.0. The largest absolute Gasteiger partial charge is 0.494 e. The van der Waals surface area contributed by atoms with Crippen molar-refractivity contribution < 1.29 is 14.3 Å². The van der Waals surface area contributed by atoms with Crippen molar-refractivity contribution in [2.75, 3.05) is 25.4 Å². The third-order valence-corrected chi connectivity index (χ3v) is 7.59. The number of piperidine rings is 1. The molecule has 2 saturated heterocycles. The summed E-state index contributed by atoms with van der Waals surface area (Å²) >= 11 is 1.83. The van der Waals surface area contributed by atoms with E-state index in [4.69, 9.17) is 4.74 Å². The fourth-order valence-corrected chi connectivity index (χ4v) is 5.22. The van der Waals surface area contributed by atoms with Gasteiger partial charge < -0.3 is 15.0 Å². The van der Waals surface area contributed by atoms with Crippen LogP contribution in [0.25, 0.3) is 0 Å². The van der Waals surface area contributed by atoms with Gasteiger partial charge in [0.05, 0.1) is 17.5 Å². The quantitative estimate of drug-likeness (QED) is 0.615. The Kier molecular flexibility index (Phi) is 8.06. The Balaban J connectivity index is 1.49. The van der Waals surface area contributed by atoms with E-state index in [-0.39, 0.29) is 28.8 Å². The van der Waals surface area contributed by atoms with E-state index in [0.717, 1.165) is 43.6 Å². The number of benzene rings is 1. The van der Waals surface area contributed by atoms with Crippen LogP contribution in [-0.4, -0.2) is 59.1 Å². The Labute approximate surface area is 184 Å². The first kappa shape index (κ1) is 22.9. The van der Waals surface area contributed by atoms with Crippen molar-refractivity contribution in [3.05, 3.63) is 29.8 Å². The first-order chi connectivity index (χ1) is 14.5. The van der Waals surface area contributed by atoms with Gasteiger partial charge in [-0.15, -0.1) is 11.8 Å². The molecular formula is C23H35N3O3S. The molecule has 0 radical (unpaired) electrons. The molecule has 1 spiro atoms. The zero-order valence-electron chi connectivity index (χ0n) is 18.4. The zero-order chi connectivity index (χ0) is 21.6. The molecule has 1 aromatic carbocycles. The molecule has 2 unspecified atom stereocenters. The smallest absolute Gasteiger partial charge is 0.253 e. The summed E-state index contributed by atoms with van der Waals surface area (Å²) in [5, 5.41) is 6.64. The van der Waals surface area contributed by atoms with Gasteiger partial charge in [0, 0.05) is 30.4 Å². The van der Waals surface area contributed by atoms with Crippen LogP contribution in [0.1, 0.15) is 63.2 Å². The predicted octanol–water partition coefficient (Wildman–Crippen LogP) is 3.42. The van der Waals surface area contributed by atoms with Gasteiger partial charge in [-0.05, 0) is 56.9 Å². The van der Waals surface area contributed by atoms with Crippen molar-refractivity contribution in [1.29, 1.82) is 0 Å². The Bertz CT molecular complexity index is 717. The molecule has 2 amide bonds. The highest BCUT2D eigenvalue weighted by molar-refractivity contribution is 8.01. The molecule has 30 heavy (non-hydrogen) atoms. The van der Waals surface area contributed by atoms with Crippen LogP contribution in [-0.2, 0) is 4.79 Å². The summed E-state index contributed by atoms with van der Waals surface area (Å²) in [6.45, 7) is 8.35. The summed E-state index contributed by atoms with van der Waals surface area (Å²) in [4.78, 5) is 27.2. The molecule has 2 heterocycles. The Morgan fingerprint density at radius 2 is 1.97 bits per heavy atom. The first-order valence-electron chi connectivity index (χ1n) is 11.2. The minimum Gasteiger partial charge on any atom is -0.494 e. The number of thioether (sulfide) groups is 1. The molecule has 2 fully saturated rings. The molecule has 2 aliphatic rings. The molecule has 166 valence electrons. The third kappa shape index (κ3) is 5.70. The third-order valence-electron chi connectivity index (χ3n) is 6.01. The minimum absolute atomic E-state index is 0.0685. The normalized spacial score (nSPS) is 21.4. The summed E-state index contributed by atoms with van der Waals surface area (Å²) in [7, 11) is 0. The highest BCUT2D eigenvalue weighted by Gasteiger charge is 2.44. The number of hydrogen-bond acceptors (Lipinski definition) is 5. The second-order valence-electron chi connectivity index (χ2n) is 8.34. The second-order valence-corrected chi connectivity index (χ2v) is 9.74. The maximum absolute atomic E-state index is 12.9. The molecule has 1 aromatic rings. The molecule has 0 aromatic heterocycles. The van der Waals surface area contributed by atoms with E-state index >= 15 is 0 Å². The number of amides is 2. The van der Waals surface area contributed by atoms with E-state index in [1.165, 1.54) is 0 Å². The van der Waals surface area contributed by atoms with Gasteiger partial charge in [0.15, 0.2) is 0 Å². The molecule has 2 atom stereocenters. The van der Waals surface area contributed by atoms with Crippen LogP contribution in [0, 0.1) is 0 Å². The summed E-state index contributed by atoms with van der Waals surface area (Å²) in [5.41, 5.74) is 0.701. The van der Waals surface area contributed by atoms with Crippen molar-refractivity contribution in [3.63, 3.8) is 0 Å². The number of hydrogen-bond donors (Lipinski definition) is 2. The van der Waals surface area contributed by atoms with E-state index < -0.39 is 0 Å². The number of rotatable bonds is 8. The van der Waals surface area contributed by atoms with Gasteiger partial charge in [0.25, 0.3) is 5.91 Å². The van der Waals surface area contributed by atoms with Crippen molar-refractivity contribution in [2.45, 2.75) is 69.8 Å². The lowest BCUT2D eigenvalue weighted by Crippen LogP contribution is -2.55. The summed E-state index contributed by atoms with van der Waals surface area (Å²) < 4.78 is 5.68. The van der Waals surface area contributed by atoms with E-state index in [2.05, 4.69) is 24.5 Å². The molecule has 3 rings (SSSR count). The SMILES string of the molecule is CCCCOc1ccc(C(=O)N2CCC3(CC2)NC(C(=O)NC(C)CC)CS3)cc1. The van der Waals surface area contributed by atoms with E-state index in [1.54, 1.807) is 0 Å². The topological polar surface area (TPSA) is 70.7 Å². The molecule has 2 aliphatic heterocycles. The van der Waals surface area contributed by atoms with Gasteiger partial charge in [-0.3, -0.25) is 14.9 Å². The van der Waals surface area contributed by atoms with E-state index in [9.17, 15) is 9.59 Å². The highest BCUT2D eigenvalue weighted by atomic mass is 32.2. The molecule has 7 heteroatoms. The van der Waals surface area contributed by atoms with Crippen LogP contribution in [0.3, 0.4) is 0 Å².